The van der Waals surface area contributed by atoms with Crippen LogP contribution in [-0.2, 0) is 14.8 Å². The first-order valence-corrected chi connectivity index (χ1v) is 12.0. The fourth-order valence-corrected chi connectivity index (χ4v) is 4.35. The number of aryl methyl sites for hydroxylation is 1. The summed E-state index contributed by atoms with van der Waals surface area (Å²) in [6.45, 7) is 1.75. The average molecular weight is 488 g/mol. The number of amides is 1. The van der Waals surface area contributed by atoms with E-state index in [1.807, 2.05) is 0 Å². The lowest BCUT2D eigenvalue weighted by Crippen LogP contribution is -2.14. The van der Waals surface area contributed by atoms with Crippen LogP contribution in [0.15, 0.2) is 51.9 Å². The molecule has 0 unspecified atom stereocenters. The van der Waals surface area contributed by atoms with Crippen molar-refractivity contribution in [3.63, 3.8) is 0 Å². The van der Waals surface area contributed by atoms with Gasteiger partial charge in [0.15, 0.2) is 5.76 Å². The van der Waals surface area contributed by atoms with Crippen LogP contribution in [-0.4, -0.2) is 26.6 Å². The van der Waals surface area contributed by atoms with E-state index in [9.17, 15) is 13.2 Å². The third-order valence-corrected chi connectivity index (χ3v) is 6.73. The van der Waals surface area contributed by atoms with Crippen molar-refractivity contribution < 1.29 is 22.5 Å². The van der Waals surface area contributed by atoms with Crippen LogP contribution in [0.2, 0.25) is 5.02 Å². The number of benzene rings is 2. The van der Waals surface area contributed by atoms with Gasteiger partial charge < -0.3 is 14.6 Å². The molecule has 0 atom stereocenters. The Morgan fingerprint density at radius 3 is 2.58 bits per heavy atom. The van der Waals surface area contributed by atoms with E-state index in [1.54, 1.807) is 43.3 Å². The largest absolute Gasteiger partial charge is 0.495 e. The van der Waals surface area contributed by atoms with Crippen molar-refractivity contribution in [3.05, 3.63) is 64.5 Å². The van der Waals surface area contributed by atoms with E-state index in [0.717, 1.165) is 18.4 Å². The monoisotopic (exact) mass is 487 g/mol. The van der Waals surface area contributed by atoms with Gasteiger partial charge >= 0.3 is 0 Å². The van der Waals surface area contributed by atoms with Gasteiger partial charge in [0.05, 0.1) is 17.7 Å². The zero-order valence-corrected chi connectivity index (χ0v) is 19.5. The molecular formula is C23H22ClN3O5S. The molecule has 0 bridgehead atoms. The first kappa shape index (κ1) is 22.9. The van der Waals surface area contributed by atoms with Crippen molar-refractivity contribution in [1.29, 1.82) is 0 Å². The Morgan fingerprint density at radius 1 is 1.18 bits per heavy atom. The number of nitrogens with one attached hydrogen (secondary N) is 2. The molecule has 172 valence electrons. The Labute approximate surface area is 196 Å². The molecule has 0 spiro atoms. The van der Waals surface area contributed by atoms with Gasteiger partial charge in [-0.3, -0.25) is 9.52 Å². The molecule has 8 nitrogen and oxygen atoms in total. The third-order valence-electron chi connectivity index (χ3n) is 5.11. The number of aromatic nitrogens is 1. The Morgan fingerprint density at radius 2 is 1.91 bits per heavy atom. The third kappa shape index (κ3) is 5.37. The highest BCUT2D eigenvalue weighted by molar-refractivity contribution is 7.92. The predicted octanol–water partition coefficient (Wildman–Crippen LogP) is 4.96. The molecule has 3 aromatic rings. The molecule has 1 fully saturated rings. The summed E-state index contributed by atoms with van der Waals surface area (Å²) < 4.78 is 38.6. The molecule has 0 saturated heterocycles. The fourth-order valence-electron chi connectivity index (χ4n) is 3.12. The van der Waals surface area contributed by atoms with Gasteiger partial charge in [-0.15, -0.1) is 0 Å². The molecule has 2 N–H and O–H groups in total. The Hall–Kier alpha value is -3.30. The molecule has 10 heteroatoms. The fraction of sp³-hybridized carbons (Fsp3) is 0.217. The van der Waals surface area contributed by atoms with E-state index in [2.05, 4.69) is 15.2 Å². The van der Waals surface area contributed by atoms with Crippen LogP contribution in [0.3, 0.4) is 0 Å². The van der Waals surface area contributed by atoms with Gasteiger partial charge in [0, 0.05) is 10.9 Å². The summed E-state index contributed by atoms with van der Waals surface area (Å²) in [6.07, 6.45) is 5.22. The summed E-state index contributed by atoms with van der Waals surface area (Å²) in [5.74, 6) is 0.808. The van der Waals surface area contributed by atoms with Crippen LogP contribution in [0.1, 0.15) is 29.9 Å². The van der Waals surface area contributed by atoms with Crippen LogP contribution in [0.25, 0.3) is 12.2 Å². The lowest BCUT2D eigenvalue weighted by Gasteiger charge is -2.12. The minimum absolute atomic E-state index is 0.0330. The van der Waals surface area contributed by atoms with Gasteiger partial charge in [0.25, 0.3) is 10.0 Å². The molecular weight excluding hydrogens is 466 g/mol. The topological polar surface area (TPSA) is 111 Å². The lowest BCUT2D eigenvalue weighted by atomic mass is 10.2. The number of methoxy groups -OCH3 is 1. The second-order valence-electron chi connectivity index (χ2n) is 7.62. The van der Waals surface area contributed by atoms with Crippen molar-refractivity contribution >= 4 is 51.1 Å². The number of carbonyl (C=O) groups is 1. The highest BCUT2D eigenvalue weighted by atomic mass is 35.5. The molecule has 1 amide bonds. The second kappa shape index (κ2) is 9.29. The summed E-state index contributed by atoms with van der Waals surface area (Å²) in [5, 5.41) is 7.17. The number of nitrogens with zero attached hydrogens (tertiary/aromatic N) is 1. The van der Waals surface area contributed by atoms with Gasteiger partial charge in [0.2, 0.25) is 5.91 Å². The zero-order valence-electron chi connectivity index (χ0n) is 18.0. The number of carbonyl (C=O) groups excluding carboxylic acids is 1. The number of hydrogen-bond acceptors (Lipinski definition) is 6. The van der Waals surface area contributed by atoms with Gasteiger partial charge in [0.1, 0.15) is 17.1 Å². The summed E-state index contributed by atoms with van der Waals surface area (Å²) in [7, 11) is -2.41. The number of sulfonamides is 1. The van der Waals surface area contributed by atoms with Crippen molar-refractivity contribution in [2.75, 3.05) is 17.1 Å². The lowest BCUT2D eigenvalue weighted by molar-refractivity contribution is -0.117. The highest BCUT2D eigenvalue weighted by Crippen LogP contribution is 2.32. The Kier molecular flexibility index (Phi) is 6.44. The van der Waals surface area contributed by atoms with E-state index in [-0.39, 0.29) is 22.4 Å². The molecule has 1 aliphatic carbocycles. The van der Waals surface area contributed by atoms with E-state index >= 15 is 0 Å². The molecule has 1 saturated carbocycles. The van der Waals surface area contributed by atoms with Crippen LogP contribution in [0, 0.1) is 12.8 Å². The summed E-state index contributed by atoms with van der Waals surface area (Å²) in [6, 6.07) is 11.0. The predicted molar refractivity (Wildman–Crippen MR) is 127 cm³/mol. The van der Waals surface area contributed by atoms with Crippen molar-refractivity contribution in [1.82, 2.24) is 5.16 Å². The minimum atomic E-state index is -3.85. The van der Waals surface area contributed by atoms with Crippen LogP contribution in [0.5, 0.6) is 5.75 Å². The van der Waals surface area contributed by atoms with Gasteiger partial charge in [-0.1, -0.05) is 35.0 Å². The van der Waals surface area contributed by atoms with Gasteiger partial charge in [-0.05, 0) is 61.7 Å². The molecule has 2 aromatic carbocycles. The normalized spacial score (nSPS) is 13.8. The number of anilines is 2. The first-order chi connectivity index (χ1) is 15.8. The second-order valence-corrected chi connectivity index (χ2v) is 9.74. The molecule has 4 rings (SSSR count). The Balaban J connectivity index is 1.49. The number of ether oxygens (including phenoxy) is 1. The van der Waals surface area contributed by atoms with E-state index in [0.29, 0.717) is 27.9 Å². The number of rotatable bonds is 8. The first-order valence-electron chi connectivity index (χ1n) is 10.2. The maximum atomic E-state index is 12.8. The van der Waals surface area contributed by atoms with Crippen LogP contribution in [0.4, 0.5) is 11.4 Å². The standard InChI is InChI=1S/C23H22ClN3O5S/c1-14-22(25-23(28)16-6-7-16)21(32-26-14)11-5-15-3-9-18(10-4-15)33(29,30)27-19-13-17(24)8-12-20(19)31-2/h3-5,8-13,16,27H,6-7H2,1-2H3,(H,25,28)/b11-5-. The van der Waals surface area contributed by atoms with E-state index in [1.165, 1.54) is 25.3 Å². The maximum absolute atomic E-state index is 12.8. The maximum Gasteiger partial charge on any atom is 0.262 e. The van der Waals surface area contributed by atoms with Gasteiger partial charge in [-0.2, -0.15) is 0 Å². The number of hydrogen-bond donors (Lipinski definition) is 2. The minimum Gasteiger partial charge on any atom is -0.495 e. The molecule has 1 aromatic heterocycles. The van der Waals surface area contributed by atoms with Crippen LogP contribution >= 0.6 is 11.6 Å². The quantitative estimate of drug-likeness (QED) is 0.464. The van der Waals surface area contributed by atoms with Crippen LogP contribution < -0.4 is 14.8 Å². The molecule has 1 heterocycles. The number of halogens is 1. The summed E-state index contributed by atoms with van der Waals surface area (Å²) in [5.41, 5.74) is 2.12. The van der Waals surface area contributed by atoms with E-state index in [4.69, 9.17) is 20.9 Å². The molecule has 1 aliphatic rings. The van der Waals surface area contributed by atoms with E-state index < -0.39 is 10.0 Å². The molecule has 0 aliphatic heterocycles. The molecule has 33 heavy (non-hydrogen) atoms. The summed E-state index contributed by atoms with van der Waals surface area (Å²) in [4.78, 5) is 12.2. The highest BCUT2D eigenvalue weighted by Gasteiger charge is 2.30. The summed E-state index contributed by atoms with van der Waals surface area (Å²) >= 11 is 5.98. The molecule has 0 radical (unpaired) electrons. The smallest absolute Gasteiger partial charge is 0.262 e. The zero-order chi connectivity index (χ0) is 23.6. The Bertz CT molecular complexity index is 1310. The van der Waals surface area contributed by atoms with Crippen molar-refractivity contribution in [2.24, 2.45) is 5.92 Å². The van der Waals surface area contributed by atoms with Crippen molar-refractivity contribution in [2.45, 2.75) is 24.7 Å². The van der Waals surface area contributed by atoms with Crippen molar-refractivity contribution in [3.8, 4) is 5.75 Å². The SMILES string of the molecule is COc1ccc(Cl)cc1NS(=O)(=O)c1ccc(/C=C\c2onc(C)c2NC(=O)C2CC2)cc1. The van der Waals surface area contributed by atoms with Gasteiger partial charge in [-0.25, -0.2) is 8.42 Å². The average Bonchev–Trinajstić information content (AvgIpc) is 3.58.